The summed E-state index contributed by atoms with van der Waals surface area (Å²) in [7, 11) is 0. The molecule has 27 heavy (non-hydrogen) atoms. The quantitative estimate of drug-likeness (QED) is 0.731. The van der Waals surface area contributed by atoms with Crippen molar-refractivity contribution >= 4 is 46.4 Å². The first kappa shape index (κ1) is 18.7. The van der Waals surface area contributed by atoms with Gasteiger partial charge in [0.1, 0.15) is 5.76 Å². The van der Waals surface area contributed by atoms with E-state index in [1.807, 2.05) is 0 Å². The molecule has 4 heterocycles. The first-order chi connectivity index (χ1) is 13.0. The lowest BCUT2D eigenvalue weighted by Gasteiger charge is -2.45. The van der Waals surface area contributed by atoms with Gasteiger partial charge in [0.05, 0.1) is 10.0 Å². The van der Waals surface area contributed by atoms with Crippen molar-refractivity contribution in [1.29, 1.82) is 0 Å². The number of rotatable bonds is 3. The third kappa shape index (κ3) is 3.99. The zero-order chi connectivity index (χ0) is 19.0. The van der Waals surface area contributed by atoms with Crippen LogP contribution in [0.15, 0.2) is 34.7 Å². The molecule has 3 fully saturated rings. The standard InChI is InChI=1S/C19H19Cl2N3O2S/c20-13-3-1-2-12(17(13)21)15-4-5-16(26-15)18(25)23-19(27)22-14-10-24-8-6-11(14)7-9-24/h1-5,11,14H,6-10H2,(H2,22,23,25,27). The summed E-state index contributed by atoms with van der Waals surface area (Å²) < 4.78 is 5.66. The Hall–Kier alpha value is -1.60. The number of hydrogen-bond acceptors (Lipinski definition) is 4. The van der Waals surface area contributed by atoms with E-state index in [-0.39, 0.29) is 11.8 Å². The number of piperidine rings is 3. The number of carbonyl (C=O) groups is 1. The summed E-state index contributed by atoms with van der Waals surface area (Å²) in [6, 6.07) is 8.84. The molecule has 1 aromatic heterocycles. The van der Waals surface area contributed by atoms with Gasteiger partial charge in [-0.2, -0.15) is 0 Å². The molecule has 2 aromatic rings. The number of nitrogens with zero attached hydrogens (tertiary/aromatic N) is 1. The second-order valence-corrected chi connectivity index (χ2v) is 8.13. The molecule has 3 aliphatic heterocycles. The molecule has 1 amide bonds. The summed E-state index contributed by atoms with van der Waals surface area (Å²) in [5, 5.41) is 7.14. The van der Waals surface area contributed by atoms with Gasteiger partial charge in [-0.15, -0.1) is 0 Å². The maximum atomic E-state index is 12.5. The fourth-order valence-corrected chi connectivity index (χ4v) is 4.43. The zero-order valence-electron chi connectivity index (χ0n) is 14.5. The first-order valence-corrected chi connectivity index (χ1v) is 10.1. The van der Waals surface area contributed by atoms with E-state index in [2.05, 4.69) is 15.5 Å². The number of benzene rings is 1. The Bertz CT molecular complexity index is 878. The summed E-state index contributed by atoms with van der Waals surface area (Å²) in [6.07, 6.45) is 2.35. The molecular weight excluding hydrogens is 405 g/mol. The highest BCUT2D eigenvalue weighted by Gasteiger charge is 2.34. The van der Waals surface area contributed by atoms with Crippen molar-refractivity contribution in [3.8, 4) is 11.3 Å². The fourth-order valence-electron chi connectivity index (χ4n) is 3.80. The number of fused-ring (bicyclic) bond motifs is 3. The van der Waals surface area contributed by atoms with Crippen LogP contribution in [0.4, 0.5) is 0 Å². The molecule has 3 saturated heterocycles. The molecule has 3 aliphatic rings. The smallest absolute Gasteiger partial charge is 0.293 e. The van der Waals surface area contributed by atoms with Crippen molar-refractivity contribution in [2.75, 3.05) is 19.6 Å². The monoisotopic (exact) mass is 423 g/mol. The van der Waals surface area contributed by atoms with Crippen molar-refractivity contribution < 1.29 is 9.21 Å². The second-order valence-electron chi connectivity index (χ2n) is 6.94. The summed E-state index contributed by atoms with van der Waals surface area (Å²) >= 11 is 17.6. The van der Waals surface area contributed by atoms with E-state index in [0.29, 0.717) is 32.4 Å². The van der Waals surface area contributed by atoms with E-state index in [9.17, 15) is 4.79 Å². The van der Waals surface area contributed by atoms with Crippen molar-refractivity contribution in [3.63, 3.8) is 0 Å². The zero-order valence-corrected chi connectivity index (χ0v) is 16.8. The number of hydrogen-bond donors (Lipinski definition) is 2. The number of thiocarbonyl (C=S) groups is 1. The topological polar surface area (TPSA) is 57.5 Å². The molecule has 1 aromatic carbocycles. The number of furan rings is 1. The summed E-state index contributed by atoms with van der Waals surface area (Å²) in [5.74, 6) is 0.867. The minimum atomic E-state index is -0.391. The predicted octanol–water partition coefficient (Wildman–Crippen LogP) is 3.95. The third-order valence-corrected chi connectivity index (χ3v) is 6.29. The van der Waals surface area contributed by atoms with Gasteiger partial charge in [0, 0.05) is 18.2 Å². The van der Waals surface area contributed by atoms with Gasteiger partial charge in [-0.1, -0.05) is 29.3 Å². The number of amides is 1. The van der Waals surface area contributed by atoms with Crippen LogP contribution in [0, 0.1) is 5.92 Å². The summed E-state index contributed by atoms with van der Waals surface area (Å²) in [6.45, 7) is 3.28. The molecule has 0 saturated carbocycles. The van der Waals surface area contributed by atoms with Crippen molar-refractivity contribution in [2.45, 2.75) is 18.9 Å². The van der Waals surface area contributed by atoms with Crippen LogP contribution in [0.25, 0.3) is 11.3 Å². The Kier molecular flexibility index (Phi) is 5.41. The van der Waals surface area contributed by atoms with Gasteiger partial charge in [-0.3, -0.25) is 10.1 Å². The van der Waals surface area contributed by atoms with Gasteiger partial charge >= 0.3 is 0 Å². The van der Waals surface area contributed by atoms with Crippen LogP contribution in [0.3, 0.4) is 0 Å². The molecule has 2 N–H and O–H groups in total. The number of halogens is 2. The minimum Gasteiger partial charge on any atom is -0.451 e. The van der Waals surface area contributed by atoms with Gasteiger partial charge < -0.3 is 14.6 Å². The van der Waals surface area contributed by atoms with Crippen LogP contribution < -0.4 is 10.6 Å². The molecule has 1 atom stereocenters. The molecule has 0 radical (unpaired) electrons. The maximum Gasteiger partial charge on any atom is 0.293 e. The molecule has 0 spiro atoms. The lowest BCUT2D eigenvalue weighted by Crippen LogP contribution is -2.59. The van der Waals surface area contributed by atoms with Crippen LogP contribution in [0.1, 0.15) is 23.4 Å². The van der Waals surface area contributed by atoms with Crippen LogP contribution in [-0.2, 0) is 0 Å². The van der Waals surface area contributed by atoms with E-state index < -0.39 is 5.91 Å². The van der Waals surface area contributed by atoms with Crippen LogP contribution in [0.5, 0.6) is 0 Å². The maximum absolute atomic E-state index is 12.5. The van der Waals surface area contributed by atoms with Gasteiger partial charge in [0.25, 0.3) is 5.91 Å². The highest BCUT2D eigenvalue weighted by atomic mass is 35.5. The van der Waals surface area contributed by atoms with Crippen LogP contribution in [0.2, 0.25) is 10.0 Å². The molecule has 2 bridgehead atoms. The van der Waals surface area contributed by atoms with Crippen molar-refractivity contribution in [2.24, 2.45) is 5.92 Å². The molecule has 142 valence electrons. The average molecular weight is 424 g/mol. The molecular formula is C19H19Cl2N3O2S. The molecule has 5 rings (SSSR count). The largest absolute Gasteiger partial charge is 0.451 e. The van der Waals surface area contributed by atoms with Crippen LogP contribution in [-0.4, -0.2) is 41.6 Å². The number of carbonyl (C=O) groups excluding carboxylic acids is 1. The Balaban J connectivity index is 1.39. The van der Waals surface area contributed by atoms with E-state index in [0.717, 1.165) is 19.6 Å². The van der Waals surface area contributed by atoms with E-state index in [4.69, 9.17) is 39.8 Å². The van der Waals surface area contributed by atoms with E-state index in [1.54, 1.807) is 30.3 Å². The lowest BCUT2D eigenvalue weighted by atomic mass is 9.84. The Morgan fingerprint density at radius 1 is 1.19 bits per heavy atom. The normalized spacial score (nSPS) is 23.9. The Labute approximate surface area is 173 Å². The van der Waals surface area contributed by atoms with Gasteiger partial charge in [0.2, 0.25) is 0 Å². The molecule has 5 nitrogen and oxygen atoms in total. The van der Waals surface area contributed by atoms with E-state index in [1.165, 1.54) is 12.8 Å². The van der Waals surface area contributed by atoms with Crippen molar-refractivity contribution in [3.05, 3.63) is 46.1 Å². The lowest BCUT2D eigenvalue weighted by molar-refractivity contribution is 0.0805. The highest BCUT2D eigenvalue weighted by molar-refractivity contribution is 7.80. The average Bonchev–Trinajstić information content (AvgIpc) is 3.15. The minimum absolute atomic E-state index is 0.166. The Morgan fingerprint density at radius 2 is 1.96 bits per heavy atom. The van der Waals surface area contributed by atoms with Crippen molar-refractivity contribution in [1.82, 2.24) is 15.5 Å². The fraction of sp³-hybridized carbons (Fsp3) is 0.368. The SMILES string of the molecule is O=C(NC(=S)NC1CN2CCC1CC2)c1ccc(-c2cccc(Cl)c2Cl)o1. The Morgan fingerprint density at radius 3 is 2.67 bits per heavy atom. The van der Waals surface area contributed by atoms with Crippen LogP contribution >= 0.6 is 35.4 Å². The van der Waals surface area contributed by atoms with Gasteiger partial charge in [0.15, 0.2) is 10.9 Å². The van der Waals surface area contributed by atoms with Gasteiger partial charge in [-0.25, -0.2) is 0 Å². The predicted molar refractivity (Wildman–Crippen MR) is 110 cm³/mol. The van der Waals surface area contributed by atoms with E-state index >= 15 is 0 Å². The molecule has 8 heteroatoms. The summed E-state index contributed by atoms with van der Waals surface area (Å²) in [5.41, 5.74) is 0.635. The molecule has 0 aliphatic carbocycles. The molecule has 1 unspecified atom stereocenters. The third-order valence-electron chi connectivity index (χ3n) is 5.25. The van der Waals surface area contributed by atoms with Gasteiger partial charge in [-0.05, 0) is 68.3 Å². The summed E-state index contributed by atoms with van der Waals surface area (Å²) in [4.78, 5) is 14.9. The number of nitrogens with one attached hydrogen (secondary N) is 2. The first-order valence-electron chi connectivity index (χ1n) is 8.89. The second kappa shape index (κ2) is 7.80. The highest BCUT2D eigenvalue weighted by Crippen LogP contribution is 2.34.